The zero-order valence-corrected chi connectivity index (χ0v) is 15.1. The molecule has 1 aromatic heterocycles. The lowest BCUT2D eigenvalue weighted by molar-refractivity contribution is 0.125. The van der Waals surface area contributed by atoms with Crippen LogP contribution >= 0.6 is 11.6 Å². The molecule has 1 aromatic carbocycles. The molecule has 2 fully saturated rings. The molecule has 132 valence electrons. The highest BCUT2D eigenvalue weighted by Gasteiger charge is 2.28. The fourth-order valence-corrected chi connectivity index (χ4v) is 3.75. The van der Waals surface area contributed by atoms with E-state index in [1.54, 1.807) is 6.07 Å². The molecule has 1 unspecified atom stereocenters. The van der Waals surface area contributed by atoms with Crippen molar-refractivity contribution in [3.8, 4) is 11.6 Å². The van der Waals surface area contributed by atoms with Crippen LogP contribution in [-0.2, 0) is 0 Å². The highest BCUT2D eigenvalue weighted by Crippen LogP contribution is 2.29. The Morgan fingerprint density at radius 1 is 1.16 bits per heavy atom. The summed E-state index contributed by atoms with van der Waals surface area (Å²) < 4.78 is 5.79. The van der Waals surface area contributed by atoms with Crippen LogP contribution in [0.15, 0.2) is 42.6 Å². The second kappa shape index (κ2) is 7.73. The van der Waals surface area contributed by atoms with Crippen LogP contribution in [0.2, 0.25) is 5.02 Å². The Morgan fingerprint density at radius 3 is 2.80 bits per heavy atom. The Kier molecular flexibility index (Phi) is 5.20. The number of aromatic nitrogens is 1. The first kappa shape index (κ1) is 16.8. The van der Waals surface area contributed by atoms with Gasteiger partial charge in [-0.2, -0.15) is 0 Å². The number of nitrogens with one attached hydrogen (secondary N) is 1. The minimum Gasteiger partial charge on any atom is -0.439 e. The third-order valence-corrected chi connectivity index (χ3v) is 5.44. The van der Waals surface area contributed by atoms with Crippen LogP contribution in [-0.4, -0.2) is 35.6 Å². The van der Waals surface area contributed by atoms with Gasteiger partial charge in [0.15, 0.2) is 0 Å². The van der Waals surface area contributed by atoms with E-state index in [-0.39, 0.29) is 0 Å². The summed E-state index contributed by atoms with van der Waals surface area (Å²) in [6.07, 6.45) is 7.25. The van der Waals surface area contributed by atoms with Crippen LogP contribution in [0.3, 0.4) is 0 Å². The molecule has 1 saturated heterocycles. The molecule has 0 amide bonds. The highest BCUT2D eigenvalue weighted by molar-refractivity contribution is 6.30. The maximum absolute atomic E-state index is 6.00. The van der Waals surface area contributed by atoms with Crippen molar-refractivity contribution in [2.45, 2.75) is 37.8 Å². The summed E-state index contributed by atoms with van der Waals surface area (Å²) in [5, 5.41) is 4.33. The molecule has 1 aliphatic heterocycles. The molecule has 2 heterocycles. The Labute approximate surface area is 154 Å². The van der Waals surface area contributed by atoms with Gasteiger partial charge in [-0.1, -0.05) is 30.2 Å². The average molecular weight is 358 g/mol. The number of rotatable bonds is 4. The molecular weight excluding hydrogens is 334 g/mol. The minimum absolute atomic E-state index is 0.343. The summed E-state index contributed by atoms with van der Waals surface area (Å²) in [7, 11) is 0. The summed E-state index contributed by atoms with van der Waals surface area (Å²) in [6, 6.07) is 12.6. The van der Waals surface area contributed by atoms with E-state index < -0.39 is 0 Å². The van der Waals surface area contributed by atoms with Crippen LogP contribution in [0.4, 0.5) is 0 Å². The standard InChI is InChI=1S/C20H24ClN3O/c21-16-4-1-7-18(12-16)25-20-9-8-15(13-23-20)19-14-24(11-3-10-22-19)17-5-2-6-17/h1,4,7-9,12-13,17,19,22H,2-3,5-6,10-11,14H2. The molecule has 4 nitrogen and oxygen atoms in total. The lowest BCUT2D eigenvalue weighted by Gasteiger charge is -2.38. The fraction of sp³-hybridized carbons (Fsp3) is 0.450. The van der Waals surface area contributed by atoms with Gasteiger partial charge in [0.1, 0.15) is 5.75 Å². The van der Waals surface area contributed by atoms with Gasteiger partial charge >= 0.3 is 0 Å². The summed E-state index contributed by atoms with van der Waals surface area (Å²) >= 11 is 6.00. The van der Waals surface area contributed by atoms with Crippen LogP contribution in [0.25, 0.3) is 0 Å². The predicted octanol–water partition coefficient (Wildman–Crippen LogP) is 4.42. The third-order valence-electron chi connectivity index (χ3n) is 5.20. The Hall–Kier alpha value is -1.62. The quantitative estimate of drug-likeness (QED) is 0.879. The van der Waals surface area contributed by atoms with Gasteiger partial charge in [-0.25, -0.2) is 4.98 Å². The predicted molar refractivity (Wildman–Crippen MR) is 100 cm³/mol. The van der Waals surface area contributed by atoms with Gasteiger partial charge in [0.2, 0.25) is 5.88 Å². The van der Waals surface area contributed by atoms with Crippen LogP contribution in [0, 0.1) is 0 Å². The van der Waals surface area contributed by atoms with Crippen LogP contribution in [0.1, 0.15) is 37.3 Å². The number of benzene rings is 1. The minimum atomic E-state index is 0.343. The first-order valence-corrected chi connectivity index (χ1v) is 9.52. The monoisotopic (exact) mass is 357 g/mol. The summed E-state index contributed by atoms with van der Waals surface area (Å²) in [5.74, 6) is 1.30. The molecular formula is C20H24ClN3O. The van der Waals surface area contributed by atoms with Gasteiger partial charge in [-0.3, -0.25) is 4.90 Å². The van der Waals surface area contributed by atoms with E-state index in [4.69, 9.17) is 16.3 Å². The fourth-order valence-electron chi connectivity index (χ4n) is 3.57. The maximum Gasteiger partial charge on any atom is 0.219 e. The van der Waals surface area contributed by atoms with Gasteiger partial charge in [-0.05, 0) is 56.1 Å². The van der Waals surface area contributed by atoms with Crippen LogP contribution in [0.5, 0.6) is 11.6 Å². The molecule has 1 atom stereocenters. The molecule has 25 heavy (non-hydrogen) atoms. The van der Waals surface area contributed by atoms with Crippen molar-refractivity contribution in [2.24, 2.45) is 0 Å². The van der Waals surface area contributed by atoms with Crippen molar-refractivity contribution in [1.29, 1.82) is 0 Å². The van der Waals surface area contributed by atoms with Gasteiger partial charge in [0.05, 0.1) is 0 Å². The molecule has 2 aromatic rings. The largest absolute Gasteiger partial charge is 0.439 e. The number of pyridine rings is 1. The van der Waals surface area contributed by atoms with Gasteiger partial charge in [-0.15, -0.1) is 0 Å². The molecule has 1 N–H and O–H groups in total. The Bertz CT molecular complexity index is 702. The molecule has 1 aliphatic carbocycles. The van der Waals surface area contributed by atoms with E-state index in [1.165, 1.54) is 37.8 Å². The second-order valence-corrected chi connectivity index (χ2v) is 7.37. The van der Waals surface area contributed by atoms with Crippen molar-refractivity contribution in [3.05, 3.63) is 53.2 Å². The molecule has 0 bridgehead atoms. The molecule has 2 aliphatic rings. The zero-order valence-electron chi connectivity index (χ0n) is 14.3. The Balaban J connectivity index is 1.43. The van der Waals surface area contributed by atoms with Crippen molar-refractivity contribution >= 4 is 11.6 Å². The smallest absolute Gasteiger partial charge is 0.219 e. The van der Waals surface area contributed by atoms with E-state index >= 15 is 0 Å². The van der Waals surface area contributed by atoms with E-state index in [9.17, 15) is 0 Å². The first-order valence-electron chi connectivity index (χ1n) is 9.15. The third kappa shape index (κ3) is 4.14. The van der Waals surface area contributed by atoms with Gasteiger partial charge < -0.3 is 10.1 Å². The normalized spacial score (nSPS) is 22.2. The van der Waals surface area contributed by atoms with Crippen molar-refractivity contribution in [1.82, 2.24) is 15.2 Å². The second-order valence-electron chi connectivity index (χ2n) is 6.93. The van der Waals surface area contributed by atoms with Crippen LogP contribution < -0.4 is 10.1 Å². The summed E-state index contributed by atoms with van der Waals surface area (Å²) in [4.78, 5) is 7.15. The first-order chi connectivity index (χ1) is 12.3. The topological polar surface area (TPSA) is 37.4 Å². The summed E-state index contributed by atoms with van der Waals surface area (Å²) in [6.45, 7) is 3.34. The highest BCUT2D eigenvalue weighted by atomic mass is 35.5. The number of halogens is 1. The number of hydrogen-bond donors (Lipinski definition) is 1. The van der Waals surface area contributed by atoms with Crippen molar-refractivity contribution < 1.29 is 4.74 Å². The Morgan fingerprint density at radius 2 is 2.08 bits per heavy atom. The van der Waals surface area contributed by atoms with E-state index in [0.717, 1.165) is 19.1 Å². The number of nitrogens with zero attached hydrogens (tertiary/aromatic N) is 2. The van der Waals surface area contributed by atoms with Gasteiger partial charge in [0, 0.05) is 35.9 Å². The van der Waals surface area contributed by atoms with E-state index in [0.29, 0.717) is 22.7 Å². The van der Waals surface area contributed by atoms with E-state index in [2.05, 4.69) is 21.3 Å². The molecule has 0 spiro atoms. The average Bonchev–Trinajstić information content (AvgIpc) is 2.80. The molecule has 5 heteroatoms. The molecule has 1 saturated carbocycles. The van der Waals surface area contributed by atoms with Crippen molar-refractivity contribution in [2.75, 3.05) is 19.6 Å². The van der Waals surface area contributed by atoms with Gasteiger partial charge in [0.25, 0.3) is 0 Å². The summed E-state index contributed by atoms with van der Waals surface area (Å²) in [5.41, 5.74) is 1.23. The SMILES string of the molecule is Clc1cccc(Oc2ccc(C3CN(C4CCC4)CCCN3)cn2)c1. The number of ether oxygens (including phenoxy) is 1. The molecule has 4 rings (SSSR count). The lowest BCUT2D eigenvalue weighted by Crippen LogP contribution is -2.42. The zero-order chi connectivity index (χ0) is 17.1. The number of hydrogen-bond acceptors (Lipinski definition) is 4. The maximum atomic E-state index is 6.00. The molecule has 0 radical (unpaired) electrons. The van der Waals surface area contributed by atoms with E-state index in [1.807, 2.05) is 30.5 Å². The lowest BCUT2D eigenvalue weighted by atomic mass is 9.91. The van der Waals surface area contributed by atoms with Crippen molar-refractivity contribution in [3.63, 3.8) is 0 Å².